The molecule has 1 N–H and O–H groups in total. The van der Waals surface area contributed by atoms with Gasteiger partial charge in [-0.15, -0.1) is 0 Å². The van der Waals surface area contributed by atoms with Crippen molar-refractivity contribution in [2.24, 2.45) is 0 Å². The summed E-state index contributed by atoms with van der Waals surface area (Å²) in [6.45, 7) is 6.57. The van der Waals surface area contributed by atoms with E-state index in [-0.39, 0.29) is 24.9 Å². The van der Waals surface area contributed by atoms with E-state index in [1.807, 2.05) is 33.3 Å². The summed E-state index contributed by atoms with van der Waals surface area (Å²) in [5.74, 6) is -0.573. The zero-order valence-corrected chi connectivity index (χ0v) is 52.0. The summed E-state index contributed by atoms with van der Waals surface area (Å²) in [4.78, 5) is 40.0. The molecular weight excluding hydrogens is 988 g/mol. The van der Waals surface area contributed by atoms with Crippen molar-refractivity contribution in [1.82, 2.24) is 5.32 Å². The lowest BCUT2D eigenvalue weighted by molar-refractivity contribution is -0.870. The van der Waals surface area contributed by atoms with E-state index < -0.39 is 26.6 Å². The van der Waals surface area contributed by atoms with Crippen molar-refractivity contribution >= 4 is 19.7 Å². The van der Waals surface area contributed by atoms with Crippen molar-refractivity contribution in [3.05, 3.63) is 109 Å². The number of unbranched alkanes of at least 4 members (excludes halogenated alkanes) is 26. The Labute approximate surface area is 481 Å². The lowest BCUT2D eigenvalue weighted by atomic mass is 10.0. The number of hydrogen-bond donors (Lipinski definition) is 1. The molecule has 0 fully saturated rings. The van der Waals surface area contributed by atoms with Gasteiger partial charge in [0.15, 0.2) is 0 Å². The number of carbonyl (C=O) groups is 2. The number of nitrogens with zero attached hydrogens (tertiary/aromatic N) is 1. The van der Waals surface area contributed by atoms with Crippen LogP contribution in [-0.4, -0.2) is 69.4 Å². The second kappa shape index (κ2) is 56.9. The van der Waals surface area contributed by atoms with E-state index in [0.717, 1.165) is 122 Å². The number of hydrogen-bond acceptors (Lipinski definition) is 7. The predicted octanol–water partition coefficient (Wildman–Crippen LogP) is 19.1. The monoisotopic (exact) mass is 1110 g/mol. The summed E-state index contributed by atoms with van der Waals surface area (Å²) in [6, 6.07) is -0.904. The molecule has 0 aliphatic heterocycles. The molecule has 3 atom stereocenters. The third-order valence-electron chi connectivity index (χ3n) is 13.5. The van der Waals surface area contributed by atoms with Crippen LogP contribution in [0.25, 0.3) is 0 Å². The van der Waals surface area contributed by atoms with Crippen molar-refractivity contribution in [2.45, 2.75) is 270 Å². The number of ether oxygens (including phenoxy) is 1. The van der Waals surface area contributed by atoms with E-state index in [1.165, 1.54) is 96.3 Å². The maximum Gasteiger partial charge on any atom is 0.306 e. The molecule has 0 aliphatic carbocycles. The topological polar surface area (TPSA) is 114 Å². The second-order valence-corrected chi connectivity index (χ2v) is 23.6. The molecule has 0 saturated carbocycles. The molecule has 0 radical (unpaired) electrons. The van der Waals surface area contributed by atoms with Gasteiger partial charge < -0.3 is 28.5 Å². The van der Waals surface area contributed by atoms with Gasteiger partial charge in [-0.3, -0.25) is 14.2 Å². The molecule has 0 bridgehead atoms. The molecule has 0 rings (SSSR count). The number of rotatable bonds is 56. The lowest BCUT2D eigenvalue weighted by Crippen LogP contribution is -2.47. The Morgan fingerprint density at radius 3 is 1.37 bits per heavy atom. The van der Waals surface area contributed by atoms with Gasteiger partial charge in [0.1, 0.15) is 19.3 Å². The van der Waals surface area contributed by atoms with Crippen LogP contribution < -0.4 is 10.2 Å². The minimum Gasteiger partial charge on any atom is -0.756 e. The smallest absolute Gasteiger partial charge is 0.306 e. The van der Waals surface area contributed by atoms with E-state index in [4.69, 9.17) is 13.8 Å². The lowest BCUT2D eigenvalue weighted by Gasteiger charge is -2.30. The first-order valence-electron chi connectivity index (χ1n) is 31.7. The zero-order valence-electron chi connectivity index (χ0n) is 51.1. The number of esters is 1. The summed E-state index contributed by atoms with van der Waals surface area (Å²) in [6.07, 6.45) is 77.8. The number of likely N-dealkylation sites (N-methyl/N-ethyl adjacent to an activating group) is 1. The minimum atomic E-state index is -4.71. The number of phosphoric ester groups is 1. The molecule has 448 valence electrons. The fourth-order valence-corrected chi connectivity index (χ4v) is 9.39. The Hall–Kier alpha value is -3.33. The number of phosphoric acid groups is 1. The number of amides is 1. The first-order valence-corrected chi connectivity index (χ1v) is 33.2. The average Bonchev–Trinajstić information content (AvgIpc) is 3.40. The van der Waals surface area contributed by atoms with Gasteiger partial charge >= 0.3 is 5.97 Å². The third kappa shape index (κ3) is 57.4. The van der Waals surface area contributed by atoms with Crippen LogP contribution in [-0.2, 0) is 27.9 Å². The largest absolute Gasteiger partial charge is 0.756 e. The van der Waals surface area contributed by atoms with E-state index in [9.17, 15) is 19.0 Å². The van der Waals surface area contributed by atoms with Crippen molar-refractivity contribution in [3.63, 3.8) is 0 Å². The highest BCUT2D eigenvalue weighted by Gasteiger charge is 2.27. The van der Waals surface area contributed by atoms with Crippen LogP contribution in [0.3, 0.4) is 0 Å². The molecule has 0 aromatic carbocycles. The van der Waals surface area contributed by atoms with Gasteiger partial charge in [0.2, 0.25) is 5.91 Å². The maximum atomic E-state index is 13.5. The highest BCUT2D eigenvalue weighted by Crippen LogP contribution is 2.38. The number of nitrogens with one attached hydrogen (secondary N) is 1. The number of allylic oxidation sites excluding steroid dienone is 17. The standard InChI is InChI=1S/C68H119N2O7P/c1-7-10-13-16-19-22-25-28-29-30-31-32-33-34-35-36-37-38-39-40-41-43-45-48-51-54-57-60-67(71)69-65(64-76-78(73,74)75-63-62-70(4,5)6)66(59-56-53-50-47-44-27-24-21-18-15-12-9-3)77-68(72)61-58-55-52-49-46-42-26-23-20-17-14-11-8-2/h10-11,13-14,17,19-20,22-23,26,28-29,31-32,34-35,56,59,65-66H,7-9,12,15-16,18,21,24-25,27,30,33,36-55,57-58,60-64H2,1-6H3,(H-,69,71,73,74)/b13-10-,14-11+,20-17+,22-19-,26-23-,29-28-,32-31-,35-34-,59-56-. The van der Waals surface area contributed by atoms with Crippen LogP contribution in [0.1, 0.15) is 258 Å². The summed E-state index contributed by atoms with van der Waals surface area (Å²) in [5.41, 5.74) is 0. The first kappa shape index (κ1) is 74.7. The average molecular weight is 1110 g/mol. The maximum absolute atomic E-state index is 13.5. The highest BCUT2D eigenvalue weighted by molar-refractivity contribution is 7.45. The normalized spacial score (nSPS) is 14.4. The van der Waals surface area contributed by atoms with Crippen LogP contribution >= 0.6 is 7.82 Å². The summed E-state index contributed by atoms with van der Waals surface area (Å²) in [5, 5.41) is 3.02. The first-order chi connectivity index (χ1) is 37.9. The molecule has 0 heterocycles. The molecule has 0 spiro atoms. The minimum absolute atomic E-state index is 0.0313. The second-order valence-electron chi connectivity index (χ2n) is 22.2. The predicted molar refractivity (Wildman–Crippen MR) is 334 cm³/mol. The van der Waals surface area contributed by atoms with E-state index in [1.54, 1.807) is 0 Å². The molecule has 0 aromatic heterocycles. The Kier molecular flexibility index (Phi) is 54.5. The van der Waals surface area contributed by atoms with Crippen LogP contribution in [0.2, 0.25) is 0 Å². The highest BCUT2D eigenvalue weighted by atomic mass is 31.2. The summed E-state index contributed by atoms with van der Waals surface area (Å²) >= 11 is 0. The number of quaternary nitrogens is 1. The molecule has 1 amide bonds. The summed E-state index contributed by atoms with van der Waals surface area (Å²) < 4.78 is 30.3. The molecular formula is C68H119N2O7P. The van der Waals surface area contributed by atoms with Gasteiger partial charge in [-0.05, 0) is 96.0 Å². The number of carbonyl (C=O) groups excluding carboxylic acids is 2. The molecule has 0 aromatic rings. The van der Waals surface area contributed by atoms with Gasteiger partial charge in [-0.1, -0.05) is 259 Å². The Bertz CT molecular complexity index is 1700. The van der Waals surface area contributed by atoms with Crippen molar-refractivity contribution in [2.75, 3.05) is 40.9 Å². The van der Waals surface area contributed by atoms with Gasteiger partial charge in [-0.2, -0.15) is 0 Å². The van der Waals surface area contributed by atoms with Crippen LogP contribution in [0, 0.1) is 0 Å². The van der Waals surface area contributed by atoms with Crippen molar-refractivity contribution in [3.8, 4) is 0 Å². The van der Waals surface area contributed by atoms with E-state index in [0.29, 0.717) is 23.9 Å². The van der Waals surface area contributed by atoms with Crippen LogP contribution in [0.5, 0.6) is 0 Å². The molecule has 10 heteroatoms. The van der Waals surface area contributed by atoms with Crippen LogP contribution in [0.4, 0.5) is 0 Å². The van der Waals surface area contributed by atoms with Gasteiger partial charge in [0.05, 0.1) is 33.8 Å². The van der Waals surface area contributed by atoms with E-state index in [2.05, 4.69) is 123 Å². The SMILES string of the molecule is CC/C=C\C/C=C\C/C=C\C/C=C\C/C=C\CCCCCCCCCCCCCC(=O)NC(COP(=O)([O-])OCC[N+](C)(C)C)C(/C=C\CCCCCCCCCCCC)OC(=O)CCCCCCC\C=C/C=C/C=C/CC. The summed E-state index contributed by atoms with van der Waals surface area (Å²) in [7, 11) is 1.16. The third-order valence-corrected chi connectivity index (χ3v) is 14.5. The van der Waals surface area contributed by atoms with E-state index >= 15 is 0 Å². The molecule has 0 saturated heterocycles. The van der Waals surface area contributed by atoms with Gasteiger partial charge in [-0.25, -0.2) is 0 Å². The molecule has 3 unspecified atom stereocenters. The van der Waals surface area contributed by atoms with Gasteiger partial charge in [0, 0.05) is 12.8 Å². The van der Waals surface area contributed by atoms with Crippen LogP contribution in [0.15, 0.2) is 109 Å². The quantitative estimate of drug-likeness (QED) is 0.0161. The van der Waals surface area contributed by atoms with Crippen molar-refractivity contribution in [1.29, 1.82) is 0 Å². The molecule has 78 heavy (non-hydrogen) atoms. The van der Waals surface area contributed by atoms with Gasteiger partial charge in [0.25, 0.3) is 7.82 Å². The molecule has 0 aliphatic rings. The Balaban J connectivity index is 5.10. The fraction of sp³-hybridized carbons (Fsp3) is 0.706. The van der Waals surface area contributed by atoms with Crippen molar-refractivity contribution < 1.29 is 37.3 Å². The zero-order chi connectivity index (χ0) is 57.2. The fourth-order valence-electron chi connectivity index (χ4n) is 8.67. The Morgan fingerprint density at radius 1 is 0.474 bits per heavy atom. The molecule has 9 nitrogen and oxygen atoms in total. The Morgan fingerprint density at radius 2 is 0.885 bits per heavy atom.